The Morgan fingerprint density at radius 1 is 1.44 bits per heavy atom. The Labute approximate surface area is 54.9 Å². The van der Waals surface area contributed by atoms with E-state index in [0.29, 0.717) is 0 Å². The second-order valence-corrected chi connectivity index (χ2v) is 3.10. The quantitative estimate of drug-likeness (QED) is 0.552. The summed E-state index contributed by atoms with van der Waals surface area (Å²) >= 11 is 0. The zero-order valence-electron chi connectivity index (χ0n) is 5.81. The van der Waals surface area contributed by atoms with Crippen molar-refractivity contribution in [1.82, 2.24) is 0 Å². The lowest BCUT2D eigenvalue weighted by Crippen LogP contribution is -2.19. The van der Waals surface area contributed by atoms with E-state index in [9.17, 15) is 9.90 Å². The molecule has 2 heteroatoms. The molecule has 51 valence electrons. The Kier molecular flexibility index (Phi) is 1.26. The molecule has 0 saturated heterocycles. The van der Waals surface area contributed by atoms with Crippen LogP contribution >= 0.6 is 0 Å². The molecule has 0 aromatic carbocycles. The van der Waals surface area contributed by atoms with Crippen molar-refractivity contribution in [3.05, 3.63) is 0 Å². The van der Waals surface area contributed by atoms with Gasteiger partial charge in [0.25, 0.3) is 0 Å². The molecule has 0 aromatic heterocycles. The van der Waals surface area contributed by atoms with Crippen LogP contribution in [0.1, 0.15) is 26.7 Å². The predicted molar refractivity (Wildman–Crippen MR) is 32.2 cm³/mol. The van der Waals surface area contributed by atoms with Crippen molar-refractivity contribution in [2.75, 3.05) is 0 Å². The first kappa shape index (κ1) is 6.59. The highest BCUT2D eigenvalue weighted by Gasteiger charge is 2.53. The molecular formula is C7H11O2. The summed E-state index contributed by atoms with van der Waals surface area (Å²) in [6.45, 7) is 3.87. The Morgan fingerprint density at radius 3 is 1.89 bits per heavy atom. The molecule has 0 amide bonds. The molecule has 1 radical (unpaired) electrons. The molecule has 0 unspecified atom stereocenters. The SMILES string of the molecule is CC(C)C1(C([O])=O)CC1. The number of hydrogen-bond acceptors (Lipinski definition) is 1. The maximum atomic E-state index is 10.4. The summed E-state index contributed by atoms with van der Waals surface area (Å²) in [5.41, 5.74) is -0.444. The van der Waals surface area contributed by atoms with Crippen LogP contribution in [0.3, 0.4) is 0 Å². The van der Waals surface area contributed by atoms with E-state index in [2.05, 4.69) is 0 Å². The van der Waals surface area contributed by atoms with Crippen molar-refractivity contribution >= 4 is 5.97 Å². The highest BCUT2D eigenvalue weighted by Crippen LogP contribution is 2.52. The minimum Gasteiger partial charge on any atom is -0.247 e. The van der Waals surface area contributed by atoms with E-state index >= 15 is 0 Å². The van der Waals surface area contributed by atoms with E-state index in [1.165, 1.54) is 0 Å². The van der Waals surface area contributed by atoms with Gasteiger partial charge in [-0.2, -0.15) is 0 Å². The fraction of sp³-hybridized carbons (Fsp3) is 0.857. The van der Waals surface area contributed by atoms with Gasteiger partial charge in [-0.05, 0) is 18.8 Å². The molecular weight excluding hydrogens is 116 g/mol. The maximum absolute atomic E-state index is 10.4. The summed E-state index contributed by atoms with van der Waals surface area (Å²) in [7, 11) is 0. The van der Waals surface area contributed by atoms with Gasteiger partial charge in [0.2, 0.25) is 0 Å². The molecule has 1 rings (SSSR count). The van der Waals surface area contributed by atoms with Gasteiger partial charge in [-0.15, -0.1) is 0 Å². The monoisotopic (exact) mass is 127 g/mol. The molecule has 2 nitrogen and oxygen atoms in total. The summed E-state index contributed by atoms with van der Waals surface area (Å²) in [6.07, 6.45) is 1.62. The van der Waals surface area contributed by atoms with Gasteiger partial charge in [-0.1, -0.05) is 13.8 Å². The second kappa shape index (κ2) is 1.72. The summed E-state index contributed by atoms with van der Waals surface area (Å²) < 4.78 is 0. The highest BCUT2D eigenvalue weighted by atomic mass is 16.4. The lowest BCUT2D eigenvalue weighted by molar-refractivity contribution is -0.151. The van der Waals surface area contributed by atoms with Crippen molar-refractivity contribution in [3.8, 4) is 0 Å². The van der Waals surface area contributed by atoms with Gasteiger partial charge in [0.05, 0.1) is 5.41 Å². The Bertz CT molecular complexity index is 134. The van der Waals surface area contributed by atoms with Crippen LogP contribution in [0.5, 0.6) is 0 Å². The standard InChI is InChI=1S/C7H11O2/c1-5(2)7(3-4-7)6(8)9/h5H,3-4H2,1-2H3. The first-order valence-corrected chi connectivity index (χ1v) is 3.31. The van der Waals surface area contributed by atoms with Crippen molar-refractivity contribution in [1.29, 1.82) is 0 Å². The van der Waals surface area contributed by atoms with E-state index in [0.717, 1.165) is 12.8 Å². The maximum Gasteiger partial charge on any atom is 0.361 e. The van der Waals surface area contributed by atoms with Crippen molar-refractivity contribution < 1.29 is 9.90 Å². The molecule has 0 bridgehead atoms. The minimum atomic E-state index is -0.863. The molecule has 1 fully saturated rings. The second-order valence-electron chi connectivity index (χ2n) is 3.10. The largest absolute Gasteiger partial charge is 0.361 e. The minimum absolute atomic E-state index is 0.238. The highest BCUT2D eigenvalue weighted by molar-refractivity contribution is 5.77. The summed E-state index contributed by atoms with van der Waals surface area (Å²) in [6, 6.07) is 0. The van der Waals surface area contributed by atoms with E-state index in [1.54, 1.807) is 0 Å². The zero-order valence-corrected chi connectivity index (χ0v) is 5.81. The van der Waals surface area contributed by atoms with Crippen LogP contribution in [0, 0.1) is 11.3 Å². The Hall–Kier alpha value is -0.530. The van der Waals surface area contributed by atoms with Crippen LogP contribution < -0.4 is 0 Å². The molecule has 0 N–H and O–H groups in total. The molecule has 0 aromatic rings. The Balaban J connectivity index is 2.63. The lowest BCUT2D eigenvalue weighted by atomic mass is 9.93. The van der Waals surface area contributed by atoms with Crippen molar-refractivity contribution in [2.24, 2.45) is 11.3 Å². The first-order chi connectivity index (χ1) is 4.09. The third-order valence-electron chi connectivity index (χ3n) is 2.30. The number of rotatable bonds is 2. The lowest BCUT2D eigenvalue weighted by Gasteiger charge is -2.10. The summed E-state index contributed by atoms with van der Waals surface area (Å²) in [5.74, 6) is -0.625. The third kappa shape index (κ3) is 0.824. The van der Waals surface area contributed by atoms with Crippen molar-refractivity contribution in [2.45, 2.75) is 26.7 Å². The molecule has 0 heterocycles. The number of carbonyl (C=O) groups is 1. The first-order valence-electron chi connectivity index (χ1n) is 3.31. The van der Waals surface area contributed by atoms with E-state index in [1.807, 2.05) is 13.8 Å². The zero-order chi connectivity index (χ0) is 7.07. The average molecular weight is 127 g/mol. The predicted octanol–water partition coefficient (Wildman–Crippen LogP) is 1.38. The molecule has 0 atom stereocenters. The van der Waals surface area contributed by atoms with E-state index in [-0.39, 0.29) is 5.92 Å². The summed E-state index contributed by atoms with van der Waals surface area (Å²) in [4.78, 5) is 10.4. The van der Waals surface area contributed by atoms with Gasteiger partial charge in [0.1, 0.15) is 0 Å². The molecule has 0 spiro atoms. The van der Waals surface area contributed by atoms with Gasteiger partial charge in [0, 0.05) is 0 Å². The normalized spacial score (nSPS) is 22.1. The van der Waals surface area contributed by atoms with E-state index in [4.69, 9.17) is 0 Å². The van der Waals surface area contributed by atoms with Crippen molar-refractivity contribution in [3.63, 3.8) is 0 Å². The van der Waals surface area contributed by atoms with Crippen LogP contribution in [0.2, 0.25) is 0 Å². The smallest absolute Gasteiger partial charge is 0.247 e. The van der Waals surface area contributed by atoms with Crippen LogP contribution in [0.15, 0.2) is 0 Å². The molecule has 1 aliphatic carbocycles. The number of hydrogen-bond donors (Lipinski definition) is 0. The van der Waals surface area contributed by atoms with Crippen LogP contribution in [-0.4, -0.2) is 5.97 Å². The summed E-state index contributed by atoms with van der Waals surface area (Å²) in [5, 5.41) is 10.4. The topological polar surface area (TPSA) is 37.0 Å². The van der Waals surface area contributed by atoms with Gasteiger partial charge in [-0.3, -0.25) is 0 Å². The average Bonchev–Trinajstić information content (AvgIpc) is 2.40. The molecule has 9 heavy (non-hydrogen) atoms. The van der Waals surface area contributed by atoms with Gasteiger partial charge >= 0.3 is 5.97 Å². The molecule has 1 saturated carbocycles. The van der Waals surface area contributed by atoms with Crippen LogP contribution in [0.4, 0.5) is 0 Å². The Morgan fingerprint density at radius 2 is 1.89 bits per heavy atom. The molecule has 0 aliphatic heterocycles. The fourth-order valence-corrected chi connectivity index (χ4v) is 1.15. The fourth-order valence-electron chi connectivity index (χ4n) is 1.15. The number of carbonyl (C=O) groups excluding carboxylic acids is 1. The molecule has 1 aliphatic rings. The van der Waals surface area contributed by atoms with Gasteiger partial charge in [-0.25, -0.2) is 9.90 Å². The van der Waals surface area contributed by atoms with E-state index < -0.39 is 11.4 Å². The third-order valence-corrected chi connectivity index (χ3v) is 2.30. The van der Waals surface area contributed by atoms with Crippen LogP contribution in [0.25, 0.3) is 0 Å². The van der Waals surface area contributed by atoms with Gasteiger partial charge in [0.15, 0.2) is 0 Å². The van der Waals surface area contributed by atoms with Gasteiger partial charge < -0.3 is 0 Å². The van der Waals surface area contributed by atoms with Crippen LogP contribution in [-0.2, 0) is 9.90 Å².